The van der Waals surface area contributed by atoms with E-state index < -0.39 is 5.54 Å². The zero-order valence-corrected chi connectivity index (χ0v) is 11.1. The fourth-order valence-electron chi connectivity index (χ4n) is 2.14. The van der Waals surface area contributed by atoms with Crippen molar-refractivity contribution in [3.05, 3.63) is 29.8 Å². The van der Waals surface area contributed by atoms with Gasteiger partial charge in [0.05, 0.1) is 11.6 Å². The minimum Gasteiger partial charge on any atom is -0.491 e. The van der Waals surface area contributed by atoms with Gasteiger partial charge in [0.25, 0.3) is 0 Å². The third kappa shape index (κ3) is 2.48. The molecule has 0 bridgehead atoms. The van der Waals surface area contributed by atoms with Gasteiger partial charge in [-0.3, -0.25) is 4.79 Å². The smallest absolute Gasteiger partial charge is 0.240 e. The molecule has 1 amide bonds. The monoisotopic (exact) mass is 248 g/mol. The summed E-state index contributed by atoms with van der Waals surface area (Å²) in [5, 5.41) is 6.20. The van der Waals surface area contributed by atoms with Crippen LogP contribution in [0.2, 0.25) is 0 Å². The molecule has 2 N–H and O–H groups in total. The Morgan fingerprint density at radius 3 is 2.89 bits per heavy atom. The number of nitrogens with one attached hydrogen (secondary N) is 2. The van der Waals surface area contributed by atoms with Gasteiger partial charge in [-0.2, -0.15) is 0 Å². The summed E-state index contributed by atoms with van der Waals surface area (Å²) in [5.41, 5.74) is 0.491. The lowest BCUT2D eigenvalue weighted by Gasteiger charge is -2.26. The van der Waals surface area contributed by atoms with E-state index >= 15 is 0 Å². The third-order valence-corrected chi connectivity index (χ3v) is 3.19. The van der Waals surface area contributed by atoms with Gasteiger partial charge >= 0.3 is 0 Å². The highest BCUT2D eigenvalue weighted by Crippen LogP contribution is 2.31. The molecule has 0 aliphatic carbocycles. The van der Waals surface area contributed by atoms with Crippen LogP contribution in [-0.2, 0) is 4.79 Å². The first-order valence-electron chi connectivity index (χ1n) is 6.32. The lowest BCUT2D eigenvalue weighted by molar-refractivity contribution is -0.127. The average molecular weight is 248 g/mol. The van der Waals surface area contributed by atoms with Crippen LogP contribution in [0, 0.1) is 0 Å². The zero-order valence-electron chi connectivity index (χ0n) is 11.1. The van der Waals surface area contributed by atoms with Gasteiger partial charge in [-0.1, -0.05) is 25.1 Å². The number of rotatable bonds is 4. The molecule has 1 unspecified atom stereocenters. The Balaban J connectivity index is 2.06. The first-order valence-corrected chi connectivity index (χ1v) is 6.32. The number of benzene rings is 1. The molecule has 1 atom stereocenters. The maximum absolute atomic E-state index is 12.2. The van der Waals surface area contributed by atoms with E-state index in [4.69, 9.17) is 4.74 Å². The van der Waals surface area contributed by atoms with Crippen LogP contribution in [0.4, 0.5) is 0 Å². The number of para-hydroxylation sites is 1. The highest BCUT2D eigenvalue weighted by molar-refractivity contribution is 5.85. The Morgan fingerprint density at radius 1 is 1.44 bits per heavy atom. The number of carbonyl (C=O) groups is 1. The second-order valence-electron chi connectivity index (χ2n) is 5.03. The predicted octanol–water partition coefficient (Wildman–Crippen LogP) is 1.62. The molecule has 0 saturated heterocycles. The quantitative estimate of drug-likeness (QED) is 0.851. The van der Waals surface area contributed by atoms with Gasteiger partial charge in [-0.15, -0.1) is 0 Å². The van der Waals surface area contributed by atoms with Crippen LogP contribution in [-0.4, -0.2) is 24.6 Å². The van der Waals surface area contributed by atoms with Crippen molar-refractivity contribution in [3.8, 4) is 5.75 Å². The van der Waals surface area contributed by atoms with E-state index in [2.05, 4.69) is 10.6 Å². The second kappa shape index (κ2) is 4.98. The summed E-state index contributed by atoms with van der Waals surface area (Å²) in [5.74, 6) is 0.860. The van der Waals surface area contributed by atoms with E-state index in [-0.39, 0.29) is 11.9 Å². The van der Waals surface area contributed by atoms with Gasteiger partial charge in [0.15, 0.2) is 0 Å². The molecule has 1 aliphatic rings. The SMILES string of the molecule is CCNC(C)(C)C(=O)NC1COc2ccccc21. The molecule has 18 heavy (non-hydrogen) atoms. The van der Waals surface area contributed by atoms with Gasteiger partial charge < -0.3 is 15.4 Å². The van der Waals surface area contributed by atoms with Crippen molar-refractivity contribution < 1.29 is 9.53 Å². The summed E-state index contributed by atoms with van der Waals surface area (Å²) in [4.78, 5) is 12.2. The molecule has 1 aromatic carbocycles. The molecule has 4 nitrogen and oxygen atoms in total. The summed E-state index contributed by atoms with van der Waals surface area (Å²) in [6.07, 6.45) is 0. The molecular weight excluding hydrogens is 228 g/mol. The minimum absolute atomic E-state index is 0.00495. The standard InChI is InChI=1S/C14H20N2O2/c1-4-15-14(2,3)13(17)16-11-9-18-12-8-6-5-7-10(11)12/h5-8,11,15H,4,9H2,1-3H3,(H,16,17). The van der Waals surface area contributed by atoms with Crippen molar-refractivity contribution in [1.29, 1.82) is 0 Å². The van der Waals surface area contributed by atoms with Gasteiger partial charge in [0.2, 0.25) is 5.91 Å². The third-order valence-electron chi connectivity index (χ3n) is 3.19. The van der Waals surface area contributed by atoms with Crippen molar-refractivity contribution in [3.63, 3.8) is 0 Å². The average Bonchev–Trinajstić information content (AvgIpc) is 2.73. The summed E-state index contributed by atoms with van der Waals surface area (Å²) < 4.78 is 5.55. The molecule has 0 spiro atoms. The van der Waals surface area contributed by atoms with E-state index in [0.717, 1.165) is 17.9 Å². The van der Waals surface area contributed by atoms with Crippen LogP contribution in [0.3, 0.4) is 0 Å². The zero-order chi connectivity index (χ0) is 13.2. The number of hydrogen-bond acceptors (Lipinski definition) is 3. The van der Waals surface area contributed by atoms with Crippen molar-refractivity contribution in [1.82, 2.24) is 10.6 Å². The largest absolute Gasteiger partial charge is 0.491 e. The molecule has 0 aromatic heterocycles. The Morgan fingerprint density at radius 2 is 2.17 bits per heavy atom. The highest BCUT2D eigenvalue weighted by Gasteiger charge is 2.31. The number of hydrogen-bond donors (Lipinski definition) is 2. The number of fused-ring (bicyclic) bond motifs is 1. The maximum atomic E-state index is 12.2. The highest BCUT2D eigenvalue weighted by atomic mass is 16.5. The molecule has 0 saturated carbocycles. The second-order valence-corrected chi connectivity index (χ2v) is 5.03. The summed E-state index contributed by atoms with van der Waals surface area (Å²) >= 11 is 0. The number of amides is 1. The van der Waals surface area contributed by atoms with Gasteiger partial charge in [0.1, 0.15) is 12.4 Å². The first-order chi connectivity index (χ1) is 8.54. The van der Waals surface area contributed by atoms with Crippen LogP contribution in [0.25, 0.3) is 0 Å². The molecule has 98 valence electrons. The minimum atomic E-state index is -0.563. The number of likely N-dealkylation sites (N-methyl/N-ethyl adjacent to an activating group) is 1. The van der Waals surface area contributed by atoms with E-state index in [1.54, 1.807) is 0 Å². The lowest BCUT2D eigenvalue weighted by atomic mass is 10.0. The lowest BCUT2D eigenvalue weighted by Crippen LogP contribution is -2.53. The maximum Gasteiger partial charge on any atom is 0.240 e. The molecule has 0 radical (unpaired) electrons. The number of carbonyl (C=O) groups excluding carboxylic acids is 1. The topological polar surface area (TPSA) is 50.4 Å². The summed E-state index contributed by atoms with van der Waals surface area (Å²) in [6.45, 7) is 7.02. The van der Waals surface area contributed by atoms with Crippen molar-refractivity contribution in [2.75, 3.05) is 13.2 Å². The molecule has 1 heterocycles. The molecule has 1 aromatic rings. The Bertz CT molecular complexity index is 443. The normalized spacial score (nSPS) is 18.1. The van der Waals surface area contributed by atoms with E-state index in [1.165, 1.54) is 0 Å². The van der Waals surface area contributed by atoms with Crippen LogP contribution in [0.1, 0.15) is 32.4 Å². The predicted molar refractivity (Wildman–Crippen MR) is 70.6 cm³/mol. The van der Waals surface area contributed by atoms with Crippen molar-refractivity contribution >= 4 is 5.91 Å². The van der Waals surface area contributed by atoms with Crippen LogP contribution >= 0.6 is 0 Å². The van der Waals surface area contributed by atoms with E-state index in [0.29, 0.717) is 6.61 Å². The van der Waals surface area contributed by atoms with Crippen LogP contribution in [0.5, 0.6) is 5.75 Å². The molecule has 4 heteroatoms. The molecule has 1 aliphatic heterocycles. The molecular formula is C14H20N2O2. The number of ether oxygens (including phenoxy) is 1. The molecule has 2 rings (SSSR count). The molecule has 0 fully saturated rings. The van der Waals surface area contributed by atoms with Gasteiger partial charge in [-0.25, -0.2) is 0 Å². The van der Waals surface area contributed by atoms with Crippen molar-refractivity contribution in [2.24, 2.45) is 0 Å². The summed E-state index contributed by atoms with van der Waals surface area (Å²) in [6, 6.07) is 7.77. The van der Waals surface area contributed by atoms with Gasteiger partial charge in [0, 0.05) is 5.56 Å². The first kappa shape index (κ1) is 12.9. The Kier molecular flexibility index (Phi) is 3.57. The fraction of sp³-hybridized carbons (Fsp3) is 0.500. The fourth-order valence-corrected chi connectivity index (χ4v) is 2.14. The van der Waals surface area contributed by atoms with E-state index in [9.17, 15) is 4.79 Å². The Hall–Kier alpha value is -1.55. The van der Waals surface area contributed by atoms with Crippen LogP contribution < -0.4 is 15.4 Å². The summed E-state index contributed by atoms with van der Waals surface area (Å²) in [7, 11) is 0. The van der Waals surface area contributed by atoms with Gasteiger partial charge in [-0.05, 0) is 26.5 Å². The van der Waals surface area contributed by atoms with Crippen molar-refractivity contribution in [2.45, 2.75) is 32.4 Å². The van der Waals surface area contributed by atoms with Crippen LogP contribution in [0.15, 0.2) is 24.3 Å². The van der Waals surface area contributed by atoms with E-state index in [1.807, 2.05) is 45.0 Å². The Labute approximate surface area is 108 Å².